The first-order chi connectivity index (χ1) is 10.9. The number of ketones is 1. The van der Waals surface area contributed by atoms with Crippen LogP contribution in [0.1, 0.15) is 43.5 Å². The van der Waals surface area contributed by atoms with Crippen LogP contribution in [-0.2, 0) is 4.79 Å². The predicted octanol–water partition coefficient (Wildman–Crippen LogP) is 2.82. The SMILES string of the molecule is CCCN(CCCC(=O)c1ccc([N+](=O)[O-])c(OC)c1)C(C)=O. The zero-order valence-corrected chi connectivity index (χ0v) is 13.7. The number of ether oxygens (including phenoxy) is 1. The van der Waals surface area contributed by atoms with E-state index < -0.39 is 4.92 Å². The molecule has 1 aromatic rings. The van der Waals surface area contributed by atoms with E-state index in [1.54, 1.807) is 4.90 Å². The summed E-state index contributed by atoms with van der Waals surface area (Å²) in [5.74, 6) is -0.0632. The monoisotopic (exact) mass is 322 g/mol. The van der Waals surface area contributed by atoms with Gasteiger partial charge in [0.2, 0.25) is 5.91 Å². The van der Waals surface area contributed by atoms with Crippen LogP contribution >= 0.6 is 0 Å². The number of nitro groups is 1. The quantitative estimate of drug-likeness (QED) is 0.396. The zero-order chi connectivity index (χ0) is 17.4. The fourth-order valence-electron chi connectivity index (χ4n) is 2.27. The summed E-state index contributed by atoms with van der Waals surface area (Å²) in [6.07, 6.45) is 1.69. The molecule has 0 unspecified atom stereocenters. The number of Topliss-reactive ketones (excluding diaryl/α,β-unsaturated/α-hetero) is 1. The van der Waals surface area contributed by atoms with Gasteiger partial charge in [-0.1, -0.05) is 6.92 Å². The molecule has 0 fully saturated rings. The van der Waals surface area contributed by atoms with Crippen LogP contribution < -0.4 is 4.74 Å². The number of rotatable bonds is 9. The zero-order valence-electron chi connectivity index (χ0n) is 13.7. The lowest BCUT2D eigenvalue weighted by atomic mass is 10.1. The second-order valence-electron chi connectivity index (χ2n) is 5.18. The van der Waals surface area contributed by atoms with Gasteiger partial charge >= 0.3 is 5.69 Å². The summed E-state index contributed by atoms with van der Waals surface area (Å²) < 4.78 is 4.96. The van der Waals surface area contributed by atoms with E-state index in [4.69, 9.17) is 4.74 Å². The summed E-state index contributed by atoms with van der Waals surface area (Å²) in [5, 5.41) is 10.8. The van der Waals surface area contributed by atoms with E-state index in [1.165, 1.54) is 32.2 Å². The van der Waals surface area contributed by atoms with Crippen molar-refractivity contribution in [3.8, 4) is 5.75 Å². The van der Waals surface area contributed by atoms with E-state index in [0.29, 0.717) is 25.1 Å². The third-order valence-electron chi connectivity index (χ3n) is 3.47. The second-order valence-corrected chi connectivity index (χ2v) is 5.18. The molecule has 0 aliphatic carbocycles. The van der Waals surface area contributed by atoms with Crippen LogP contribution in [0, 0.1) is 10.1 Å². The van der Waals surface area contributed by atoms with Gasteiger partial charge in [0.15, 0.2) is 11.5 Å². The average Bonchev–Trinajstić information content (AvgIpc) is 2.52. The highest BCUT2D eigenvalue weighted by Crippen LogP contribution is 2.28. The minimum Gasteiger partial charge on any atom is -0.490 e. The number of hydrogen-bond donors (Lipinski definition) is 0. The third kappa shape index (κ3) is 5.36. The smallest absolute Gasteiger partial charge is 0.310 e. The number of methoxy groups -OCH3 is 1. The molecule has 1 rings (SSSR count). The van der Waals surface area contributed by atoms with Crippen molar-refractivity contribution >= 4 is 17.4 Å². The average molecular weight is 322 g/mol. The molecule has 0 radical (unpaired) electrons. The van der Waals surface area contributed by atoms with E-state index >= 15 is 0 Å². The Kier molecular flexibility index (Phi) is 7.18. The highest BCUT2D eigenvalue weighted by molar-refractivity contribution is 5.96. The van der Waals surface area contributed by atoms with E-state index in [9.17, 15) is 19.7 Å². The van der Waals surface area contributed by atoms with Gasteiger partial charge in [0.05, 0.1) is 12.0 Å². The first-order valence-electron chi connectivity index (χ1n) is 7.51. The molecule has 7 nitrogen and oxygen atoms in total. The molecule has 23 heavy (non-hydrogen) atoms. The van der Waals surface area contributed by atoms with Gasteiger partial charge in [-0.05, 0) is 25.0 Å². The Balaban J connectivity index is 2.68. The van der Waals surface area contributed by atoms with Crippen LogP contribution in [0.25, 0.3) is 0 Å². The lowest BCUT2D eigenvalue weighted by molar-refractivity contribution is -0.385. The van der Waals surface area contributed by atoms with Crippen LogP contribution in [0.4, 0.5) is 5.69 Å². The van der Waals surface area contributed by atoms with E-state index in [-0.39, 0.29) is 29.5 Å². The molecule has 0 aliphatic rings. The highest BCUT2D eigenvalue weighted by atomic mass is 16.6. The fraction of sp³-hybridized carbons (Fsp3) is 0.500. The normalized spacial score (nSPS) is 10.2. The highest BCUT2D eigenvalue weighted by Gasteiger charge is 2.17. The molecule has 126 valence electrons. The molecule has 1 amide bonds. The summed E-state index contributed by atoms with van der Waals surface area (Å²) in [7, 11) is 1.33. The first-order valence-corrected chi connectivity index (χ1v) is 7.51. The lowest BCUT2D eigenvalue weighted by Crippen LogP contribution is -2.30. The molecular weight excluding hydrogens is 300 g/mol. The molecule has 1 aromatic carbocycles. The van der Waals surface area contributed by atoms with Crippen LogP contribution in [0.2, 0.25) is 0 Å². The van der Waals surface area contributed by atoms with Gasteiger partial charge in [0.1, 0.15) is 0 Å². The van der Waals surface area contributed by atoms with E-state index in [1.807, 2.05) is 6.92 Å². The Bertz CT molecular complexity index is 586. The standard InChI is InChI=1S/C16H22N2O5/c1-4-9-17(12(2)19)10-5-6-15(20)13-7-8-14(18(21)22)16(11-13)23-3/h7-8,11H,4-6,9-10H2,1-3H3. The largest absolute Gasteiger partial charge is 0.490 e. The molecular formula is C16H22N2O5. The van der Waals surface area contributed by atoms with Crippen molar-refractivity contribution in [3.63, 3.8) is 0 Å². The van der Waals surface area contributed by atoms with Crippen LogP contribution in [0.15, 0.2) is 18.2 Å². The van der Waals surface area contributed by atoms with Crippen molar-refractivity contribution in [1.29, 1.82) is 0 Å². The molecule has 0 heterocycles. The second kappa shape index (κ2) is 8.87. The van der Waals surface area contributed by atoms with Gasteiger partial charge in [-0.15, -0.1) is 0 Å². The Morgan fingerprint density at radius 3 is 2.52 bits per heavy atom. The third-order valence-corrected chi connectivity index (χ3v) is 3.47. The molecule has 0 bridgehead atoms. The summed E-state index contributed by atoms with van der Waals surface area (Å²) in [6.45, 7) is 4.71. The maximum atomic E-state index is 12.2. The van der Waals surface area contributed by atoms with Gasteiger partial charge < -0.3 is 9.64 Å². The Morgan fingerprint density at radius 2 is 2.00 bits per heavy atom. The van der Waals surface area contributed by atoms with Gasteiger partial charge in [0.25, 0.3) is 0 Å². The van der Waals surface area contributed by atoms with Crippen LogP contribution in [-0.4, -0.2) is 41.7 Å². The number of nitrogens with zero attached hydrogens (tertiary/aromatic N) is 2. The van der Waals surface area contributed by atoms with Gasteiger partial charge in [-0.25, -0.2) is 0 Å². The molecule has 0 aliphatic heterocycles. The summed E-state index contributed by atoms with van der Waals surface area (Å²) >= 11 is 0. The lowest BCUT2D eigenvalue weighted by Gasteiger charge is -2.19. The predicted molar refractivity (Wildman–Crippen MR) is 85.8 cm³/mol. The molecule has 0 spiro atoms. The number of carbonyl (C=O) groups is 2. The van der Waals surface area contributed by atoms with Crippen molar-refractivity contribution in [2.75, 3.05) is 20.2 Å². The molecule has 0 aromatic heterocycles. The number of carbonyl (C=O) groups excluding carboxylic acids is 2. The van der Waals surface area contributed by atoms with Crippen molar-refractivity contribution in [2.45, 2.75) is 33.1 Å². The van der Waals surface area contributed by atoms with Gasteiger partial charge in [-0.3, -0.25) is 19.7 Å². The molecule has 0 atom stereocenters. The van der Waals surface area contributed by atoms with Crippen molar-refractivity contribution in [2.24, 2.45) is 0 Å². The fourth-order valence-corrected chi connectivity index (χ4v) is 2.27. The minimum absolute atomic E-state index is 0.00342. The Hall–Kier alpha value is -2.44. The number of hydrogen-bond acceptors (Lipinski definition) is 5. The molecule has 0 saturated carbocycles. The number of amides is 1. The maximum Gasteiger partial charge on any atom is 0.310 e. The Morgan fingerprint density at radius 1 is 1.30 bits per heavy atom. The maximum absolute atomic E-state index is 12.2. The van der Waals surface area contributed by atoms with Crippen molar-refractivity contribution in [3.05, 3.63) is 33.9 Å². The first kappa shape index (κ1) is 18.6. The van der Waals surface area contributed by atoms with Crippen LogP contribution in [0.3, 0.4) is 0 Å². The Labute approximate surface area is 135 Å². The summed E-state index contributed by atoms with van der Waals surface area (Å²) in [5.41, 5.74) is 0.201. The summed E-state index contributed by atoms with van der Waals surface area (Å²) in [6, 6.07) is 4.08. The number of nitro benzene ring substituents is 1. The van der Waals surface area contributed by atoms with Gasteiger partial charge in [0, 0.05) is 38.1 Å². The summed E-state index contributed by atoms with van der Waals surface area (Å²) in [4.78, 5) is 35.6. The van der Waals surface area contributed by atoms with E-state index in [0.717, 1.165) is 6.42 Å². The van der Waals surface area contributed by atoms with Gasteiger partial charge in [-0.2, -0.15) is 0 Å². The molecule has 0 saturated heterocycles. The van der Waals surface area contributed by atoms with E-state index in [2.05, 4.69) is 0 Å². The molecule has 7 heteroatoms. The van der Waals surface area contributed by atoms with Crippen molar-refractivity contribution < 1.29 is 19.2 Å². The molecule has 0 N–H and O–H groups in total. The van der Waals surface area contributed by atoms with Crippen LogP contribution in [0.5, 0.6) is 5.75 Å². The number of benzene rings is 1. The minimum atomic E-state index is -0.553. The topological polar surface area (TPSA) is 89.8 Å². The van der Waals surface area contributed by atoms with Crippen molar-refractivity contribution in [1.82, 2.24) is 4.90 Å².